The molecule has 0 fully saturated rings. The molecule has 0 saturated heterocycles. The maximum absolute atomic E-state index is 11.4. The van der Waals surface area contributed by atoms with Gasteiger partial charge in [-0.25, -0.2) is 4.79 Å². The number of carbonyl (C=O) groups is 1. The van der Waals surface area contributed by atoms with Gasteiger partial charge in [-0.15, -0.1) is 0 Å². The average Bonchev–Trinajstić information content (AvgIpc) is 2.38. The molecule has 0 saturated carbocycles. The van der Waals surface area contributed by atoms with Gasteiger partial charge in [0.25, 0.3) is 0 Å². The van der Waals surface area contributed by atoms with Crippen LogP contribution in [0.15, 0.2) is 46.9 Å². The maximum Gasteiger partial charge on any atom is 0.336 e. The normalized spacial score (nSPS) is 10.8. The number of rotatable bonds is 4. The van der Waals surface area contributed by atoms with Crippen LogP contribution in [0, 0.1) is 5.92 Å². The van der Waals surface area contributed by atoms with Crippen LogP contribution in [0.1, 0.15) is 29.8 Å². The molecule has 0 unspecified atom stereocenters. The Hall–Kier alpha value is -1.61. The Morgan fingerprint density at radius 2 is 1.95 bits per heavy atom. The first kappa shape index (κ1) is 14.8. The molecule has 20 heavy (non-hydrogen) atoms. The van der Waals surface area contributed by atoms with E-state index in [0.717, 1.165) is 22.0 Å². The summed E-state index contributed by atoms with van der Waals surface area (Å²) in [4.78, 5) is 11.4. The molecular formula is C17H17BrO2. The second kappa shape index (κ2) is 6.23. The highest BCUT2D eigenvalue weighted by Gasteiger charge is 2.12. The Kier molecular flexibility index (Phi) is 4.61. The first-order valence-corrected chi connectivity index (χ1v) is 7.39. The molecule has 3 heteroatoms. The van der Waals surface area contributed by atoms with Crippen LogP contribution in [0.4, 0.5) is 0 Å². The van der Waals surface area contributed by atoms with Gasteiger partial charge in [0.2, 0.25) is 0 Å². The summed E-state index contributed by atoms with van der Waals surface area (Å²) in [5.41, 5.74) is 3.26. The zero-order chi connectivity index (χ0) is 14.7. The molecule has 0 bridgehead atoms. The van der Waals surface area contributed by atoms with Crippen molar-refractivity contribution in [3.63, 3.8) is 0 Å². The molecule has 2 aromatic carbocycles. The highest BCUT2D eigenvalue weighted by atomic mass is 79.9. The van der Waals surface area contributed by atoms with Crippen molar-refractivity contribution >= 4 is 21.9 Å². The molecule has 2 rings (SSSR count). The number of benzene rings is 2. The third-order valence-corrected chi connectivity index (χ3v) is 3.59. The lowest BCUT2D eigenvalue weighted by Gasteiger charge is -2.10. The smallest absolute Gasteiger partial charge is 0.336 e. The summed E-state index contributed by atoms with van der Waals surface area (Å²) in [5.74, 6) is -0.329. The van der Waals surface area contributed by atoms with E-state index in [1.807, 2.05) is 24.3 Å². The molecule has 0 heterocycles. The van der Waals surface area contributed by atoms with Gasteiger partial charge in [0.1, 0.15) is 0 Å². The minimum Gasteiger partial charge on any atom is -0.478 e. The van der Waals surface area contributed by atoms with E-state index in [1.54, 1.807) is 6.07 Å². The van der Waals surface area contributed by atoms with Crippen LogP contribution in [0.3, 0.4) is 0 Å². The van der Waals surface area contributed by atoms with E-state index in [2.05, 4.69) is 41.9 Å². The Balaban J connectivity index is 2.48. The molecule has 0 aliphatic carbocycles. The third kappa shape index (κ3) is 3.48. The van der Waals surface area contributed by atoms with Crippen LogP contribution in [0.2, 0.25) is 0 Å². The standard InChI is InChI=1S/C17H17BrO2/c1-11(2)8-12-4-3-5-13(9-12)15-7-6-14(18)10-16(15)17(19)20/h3-7,9-11H,8H2,1-2H3,(H,19,20). The van der Waals surface area contributed by atoms with Gasteiger partial charge in [0.15, 0.2) is 0 Å². The summed E-state index contributed by atoms with van der Waals surface area (Å²) in [5, 5.41) is 9.35. The summed E-state index contributed by atoms with van der Waals surface area (Å²) in [6.45, 7) is 4.35. The fraction of sp³-hybridized carbons (Fsp3) is 0.235. The lowest BCUT2D eigenvalue weighted by molar-refractivity contribution is 0.0697. The van der Waals surface area contributed by atoms with Crippen LogP contribution in [-0.4, -0.2) is 11.1 Å². The molecule has 0 aromatic heterocycles. The number of aromatic carboxylic acids is 1. The van der Waals surface area contributed by atoms with E-state index in [-0.39, 0.29) is 0 Å². The zero-order valence-corrected chi connectivity index (χ0v) is 13.1. The summed E-state index contributed by atoms with van der Waals surface area (Å²) >= 11 is 3.32. The van der Waals surface area contributed by atoms with E-state index in [0.29, 0.717) is 11.5 Å². The van der Waals surface area contributed by atoms with Crippen molar-refractivity contribution in [2.24, 2.45) is 5.92 Å². The third-order valence-electron chi connectivity index (χ3n) is 3.09. The van der Waals surface area contributed by atoms with Gasteiger partial charge >= 0.3 is 5.97 Å². The van der Waals surface area contributed by atoms with Crippen molar-refractivity contribution in [2.75, 3.05) is 0 Å². The SMILES string of the molecule is CC(C)Cc1cccc(-c2ccc(Br)cc2C(=O)O)c1. The molecule has 0 aliphatic rings. The highest BCUT2D eigenvalue weighted by molar-refractivity contribution is 9.10. The Morgan fingerprint density at radius 3 is 2.60 bits per heavy atom. The van der Waals surface area contributed by atoms with Gasteiger partial charge in [-0.3, -0.25) is 0 Å². The molecule has 1 N–H and O–H groups in total. The fourth-order valence-corrected chi connectivity index (χ4v) is 2.64. The lowest BCUT2D eigenvalue weighted by Crippen LogP contribution is -2.00. The van der Waals surface area contributed by atoms with Gasteiger partial charge in [-0.1, -0.05) is 60.1 Å². The van der Waals surface area contributed by atoms with Crippen LogP contribution in [0.25, 0.3) is 11.1 Å². The average molecular weight is 333 g/mol. The highest BCUT2D eigenvalue weighted by Crippen LogP contribution is 2.28. The number of hydrogen-bond donors (Lipinski definition) is 1. The van der Waals surface area contributed by atoms with E-state index in [1.165, 1.54) is 5.56 Å². The fourth-order valence-electron chi connectivity index (χ4n) is 2.28. The molecule has 0 amide bonds. The first-order valence-electron chi connectivity index (χ1n) is 6.59. The molecule has 2 nitrogen and oxygen atoms in total. The minimum atomic E-state index is -0.907. The van der Waals surface area contributed by atoms with Crippen molar-refractivity contribution < 1.29 is 9.90 Å². The largest absolute Gasteiger partial charge is 0.478 e. The Labute approximate surface area is 127 Å². The van der Waals surface area contributed by atoms with Crippen molar-refractivity contribution in [1.29, 1.82) is 0 Å². The number of halogens is 1. The van der Waals surface area contributed by atoms with Crippen LogP contribution >= 0.6 is 15.9 Å². The van der Waals surface area contributed by atoms with E-state index in [9.17, 15) is 9.90 Å². The van der Waals surface area contributed by atoms with E-state index >= 15 is 0 Å². The summed E-state index contributed by atoms with van der Waals surface area (Å²) in [6, 6.07) is 13.5. The molecule has 0 atom stereocenters. The molecule has 104 valence electrons. The van der Waals surface area contributed by atoms with Gasteiger partial charge in [0.05, 0.1) is 5.56 Å². The van der Waals surface area contributed by atoms with Crippen LogP contribution < -0.4 is 0 Å². The predicted octanol–water partition coefficient (Wildman–Crippen LogP) is 5.01. The van der Waals surface area contributed by atoms with E-state index < -0.39 is 5.97 Å². The molecule has 0 radical (unpaired) electrons. The first-order chi connectivity index (χ1) is 9.47. The summed E-state index contributed by atoms with van der Waals surface area (Å²) in [7, 11) is 0. The van der Waals surface area contributed by atoms with Crippen molar-refractivity contribution in [1.82, 2.24) is 0 Å². The van der Waals surface area contributed by atoms with Crippen LogP contribution in [0.5, 0.6) is 0 Å². The summed E-state index contributed by atoms with van der Waals surface area (Å²) in [6.07, 6.45) is 0.993. The number of carboxylic acids is 1. The lowest BCUT2D eigenvalue weighted by atomic mass is 9.95. The topological polar surface area (TPSA) is 37.3 Å². The quantitative estimate of drug-likeness (QED) is 0.854. The zero-order valence-electron chi connectivity index (χ0n) is 11.6. The molecule has 0 spiro atoms. The maximum atomic E-state index is 11.4. The van der Waals surface area contributed by atoms with Gasteiger partial charge in [-0.05, 0) is 41.2 Å². The summed E-state index contributed by atoms with van der Waals surface area (Å²) < 4.78 is 0.775. The predicted molar refractivity (Wildman–Crippen MR) is 85.1 cm³/mol. The number of hydrogen-bond acceptors (Lipinski definition) is 1. The second-order valence-electron chi connectivity index (χ2n) is 5.29. The van der Waals surface area contributed by atoms with Crippen molar-refractivity contribution in [2.45, 2.75) is 20.3 Å². The van der Waals surface area contributed by atoms with Gasteiger partial charge < -0.3 is 5.11 Å². The molecule has 2 aromatic rings. The van der Waals surface area contributed by atoms with Gasteiger partial charge in [0, 0.05) is 4.47 Å². The van der Waals surface area contributed by atoms with Crippen LogP contribution in [-0.2, 0) is 6.42 Å². The minimum absolute atomic E-state index is 0.320. The second-order valence-corrected chi connectivity index (χ2v) is 6.21. The number of carboxylic acid groups (broad SMARTS) is 1. The van der Waals surface area contributed by atoms with Crippen molar-refractivity contribution in [3.8, 4) is 11.1 Å². The van der Waals surface area contributed by atoms with E-state index in [4.69, 9.17) is 0 Å². The Morgan fingerprint density at radius 1 is 1.20 bits per heavy atom. The van der Waals surface area contributed by atoms with Gasteiger partial charge in [-0.2, -0.15) is 0 Å². The molecular weight excluding hydrogens is 316 g/mol. The monoisotopic (exact) mass is 332 g/mol. The molecule has 0 aliphatic heterocycles. The van der Waals surface area contributed by atoms with Crippen molar-refractivity contribution in [3.05, 3.63) is 58.1 Å². The Bertz CT molecular complexity index is 633.